The van der Waals surface area contributed by atoms with Crippen LogP contribution in [-0.4, -0.2) is 56.1 Å². The molecule has 1 heterocycles. The van der Waals surface area contributed by atoms with Gasteiger partial charge in [-0.1, -0.05) is 0 Å². The van der Waals surface area contributed by atoms with Crippen LogP contribution >= 0.6 is 12.4 Å². The van der Waals surface area contributed by atoms with Crippen LogP contribution in [0.25, 0.3) is 0 Å². The van der Waals surface area contributed by atoms with Crippen LogP contribution < -0.4 is 16.0 Å². The number of carbonyl (C=O) groups excluding carboxylic acids is 2. The number of carbonyl (C=O) groups is 2. The van der Waals surface area contributed by atoms with Crippen LogP contribution in [0.3, 0.4) is 0 Å². The third-order valence-electron chi connectivity index (χ3n) is 3.73. The van der Waals surface area contributed by atoms with E-state index in [-0.39, 0.29) is 30.4 Å². The lowest BCUT2D eigenvalue weighted by Gasteiger charge is -2.31. The van der Waals surface area contributed by atoms with E-state index in [0.29, 0.717) is 12.5 Å². The number of nitrogens with one attached hydrogen (secondary N) is 3. The van der Waals surface area contributed by atoms with Crippen LogP contribution in [0.2, 0.25) is 0 Å². The fourth-order valence-corrected chi connectivity index (χ4v) is 2.46. The number of urea groups is 1. The maximum atomic E-state index is 11.7. The Morgan fingerprint density at radius 2 is 1.80 bits per heavy atom. The Bertz CT molecular complexity index is 328. The van der Waals surface area contributed by atoms with Crippen molar-refractivity contribution in [1.82, 2.24) is 20.9 Å². The number of hydrogen-bond donors (Lipinski definition) is 3. The van der Waals surface area contributed by atoms with Gasteiger partial charge in [-0.3, -0.25) is 15.0 Å². The lowest BCUT2D eigenvalue weighted by atomic mass is 9.97. The Kier molecular flexibility index (Phi) is 7.26. The summed E-state index contributed by atoms with van der Waals surface area (Å²) in [6.07, 6.45) is 4.28. The Morgan fingerprint density at radius 3 is 2.35 bits per heavy atom. The zero-order valence-electron chi connectivity index (χ0n) is 12.0. The summed E-state index contributed by atoms with van der Waals surface area (Å²) < 4.78 is 0. The third-order valence-corrected chi connectivity index (χ3v) is 3.73. The molecule has 0 atom stereocenters. The van der Waals surface area contributed by atoms with Gasteiger partial charge in [-0.2, -0.15) is 0 Å². The van der Waals surface area contributed by atoms with Crippen LogP contribution in [0, 0.1) is 5.92 Å². The van der Waals surface area contributed by atoms with Gasteiger partial charge in [-0.15, -0.1) is 12.4 Å². The van der Waals surface area contributed by atoms with Crippen molar-refractivity contribution >= 4 is 24.3 Å². The van der Waals surface area contributed by atoms with Gasteiger partial charge in [0.2, 0.25) is 5.91 Å². The predicted molar refractivity (Wildman–Crippen MR) is 80.0 cm³/mol. The number of piperidine rings is 1. The zero-order chi connectivity index (χ0) is 13.7. The molecule has 1 aliphatic carbocycles. The number of halogens is 1. The van der Waals surface area contributed by atoms with Crippen LogP contribution in [-0.2, 0) is 4.79 Å². The van der Waals surface area contributed by atoms with Gasteiger partial charge in [0.25, 0.3) is 0 Å². The summed E-state index contributed by atoms with van der Waals surface area (Å²) in [6.45, 7) is 3.24. The summed E-state index contributed by atoms with van der Waals surface area (Å²) in [5.41, 5.74) is 0. The molecule has 0 unspecified atom stereocenters. The summed E-state index contributed by atoms with van der Waals surface area (Å²) in [5, 5.41) is 8.33. The molecule has 3 N–H and O–H groups in total. The van der Waals surface area contributed by atoms with Gasteiger partial charge in [0.1, 0.15) is 0 Å². The first kappa shape index (κ1) is 17.2. The predicted octanol–water partition coefficient (Wildman–Crippen LogP) is 0.328. The number of nitrogens with zero attached hydrogens (tertiary/aromatic N) is 1. The number of hydrogen-bond acceptors (Lipinski definition) is 4. The third kappa shape index (κ3) is 6.07. The van der Waals surface area contributed by atoms with Crippen molar-refractivity contribution in [2.24, 2.45) is 5.92 Å². The fourth-order valence-electron chi connectivity index (χ4n) is 2.46. The van der Waals surface area contributed by atoms with Crippen LogP contribution in [0.4, 0.5) is 4.79 Å². The van der Waals surface area contributed by atoms with Crippen molar-refractivity contribution in [3.63, 3.8) is 0 Å². The van der Waals surface area contributed by atoms with Crippen LogP contribution in [0.1, 0.15) is 25.7 Å². The van der Waals surface area contributed by atoms with E-state index in [1.165, 1.54) is 0 Å². The molecule has 2 rings (SSSR count). The highest BCUT2D eigenvalue weighted by atomic mass is 35.5. The van der Waals surface area contributed by atoms with Crippen LogP contribution in [0.5, 0.6) is 0 Å². The smallest absolute Gasteiger partial charge is 0.321 e. The molecule has 1 saturated carbocycles. The molecule has 2 fully saturated rings. The molecule has 1 saturated heterocycles. The standard InChI is InChI=1S/C13H24N4O2.ClH/c1-14-8-10-4-6-17(7-5-10)9-12(18)16-13(19)15-11-2-3-11;/h10-11,14H,2-9H2,1H3,(H2,15,16,18,19);1H. The van der Waals surface area contributed by atoms with Gasteiger partial charge in [0.15, 0.2) is 0 Å². The average Bonchev–Trinajstić information content (AvgIpc) is 3.15. The first-order chi connectivity index (χ1) is 9.17. The monoisotopic (exact) mass is 304 g/mol. The van der Waals surface area contributed by atoms with Crippen molar-refractivity contribution in [3.8, 4) is 0 Å². The molecule has 2 aliphatic rings. The van der Waals surface area contributed by atoms with Crippen molar-refractivity contribution in [2.75, 3.05) is 33.2 Å². The molecule has 0 bridgehead atoms. The second-order valence-electron chi connectivity index (χ2n) is 5.57. The topological polar surface area (TPSA) is 73.5 Å². The molecule has 6 nitrogen and oxygen atoms in total. The quantitative estimate of drug-likeness (QED) is 0.684. The lowest BCUT2D eigenvalue weighted by molar-refractivity contribution is -0.121. The van der Waals surface area contributed by atoms with Crippen LogP contribution in [0.15, 0.2) is 0 Å². The van der Waals surface area contributed by atoms with Crippen molar-refractivity contribution in [1.29, 1.82) is 0 Å². The largest absolute Gasteiger partial charge is 0.335 e. The summed E-state index contributed by atoms with van der Waals surface area (Å²) in [4.78, 5) is 25.2. The summed E-state index contributed by atoms with van der Waals surface area (Å²) in [5.74, 6) is 0.507. The first-order valence-corrected chi connectivity index (χ1v) is 7.14. The number of rotatable bonds is 5. The highest BCUT2D eigenvalue weighted by molar-refractivity contribution is 5.95. The minimum absolute atomic E-state index is 0. The number of imide groups is 1. The fraction of sp³-hybridized carbons (Fsp3) is 0.846. The molecule has 0 aromatic rings. The highest BCUT2D eigenvalue weighted by Gasteiger charge is 2.25. The average molecular weight is 305 g/mol. The maximum Gasteiger partial charge on any atom is 0.321 e. The van der Waals surface area contributed by atoms with E-state index in [1.54, 1.807) is 0 Å². The lowest BCUT2D eigenvalue weighted by Crippen LogP contribution is -2.47. The molecular weight excluding hydrogens is 280 g/mol. The van der Waals surface area contributed by atoms with Gasteiger partial charge in [-0.05, 0) is 58.3 Å². The highest BCUT2D eigenvalue weighted by Crippen LogP contribution is 2.18. The van der Waals surface area contributed by atoms with Gasteiger partial charge < -0.3 is 10.6 Å². The van der Waals surface area contributed by atoms with Crippen molar-refractivity contribution < 1.29 is 9.59 Å². The SMILES string of the molecule is CNCC1CCN(CC(=O)NC(=O)NC2CC2)CC1.Cl. The Morgan fingerprint density at radius 1 is 1.15 bits per heavy atom. The maximum absolute atomic E-state index is 11.7. The van der Waals surface area contributed by atoms with Gasteiger partial charge >= 0.3 is 6.03 Å². The van der Waals surface area contributed by atoms with E-state index in [4.69, 9.17) is 0 Å². The van der Waals surface area contributed by atoms with E-state index in [9.17, 15) is 9.59 Å². The minimum Gasteiger partial charge on any atom is -0.335 e. The molecule has 1 aliphatic heterocycles. The zero-order valence-corrected chi connectivity index (χ0v) is 12.8. The minimum atomic E-state index is -0.349. The van der Waals surface area contributed by atoms with Crippen molar-refractivity contribution in [3.05, 3.63) is 0 Å². The molecule has 7 heteroatoms. The first-order valence-electron chi connectivity index (χ1n) is 7.14. The van der Waals surface area contributed by atoms with E-state index >= 15 is 0 Å². The van der Waals surface area contributed by atoms with E-state index in [1.807, 2.05) is 7.05 Å². The number of amides is 3. The van der Waals surface area contributed by atoms with E-state index < -0.39 is 0 Å². The normalized spacial score (nSPS) is 20.1. The molecule has 0 aromatic carbocycles. The molecule has 116 valence electrons. The molecular formula is C13H25ClN4O2. The summed E-state index contributed by atoms with van der Waals surface area (Å²) >= 11 is 0. The Labute approximate surface area is 126 Å². The van der Waals surface area contributed by atoms with E-state index in [0.717, 1.165) is 45.3 Å². The molecule has 0 aromatic heterocycles. The Hall–Kier alpha value is -0.850. The summed E-state index contributed by atoms with van der Waals surface area (Å²) in [7, 11) is 1.97. The molecule has 20 heavy (non-hydrogen) atoms. The van der Waals surface area contributed by atoms with Gasteiger partial charge in [0.05, 0.1) is 6.54 Å². The second kappa shape index (κ2) is 8.44. The summed E-state index contributed by atoms with van der Waals surface area (Å²) in [6, 6.07) is -0.0670. The van der Waals surface area contributed by atoms with E-state index in [2.05, 4.69) is 20.9 Å². The molecule has 3 amide bonds. The molecule has 0 spiro atoms. The second-order valence-corrected chi connectivity index (χ2v) is 5.57. The number of likely N-dealkylation sites (tertiary alicyclic amines) is 1. The Balaban J connectivity index is 0.00000200. The molecule has 0 radical (unpaired) electrons. The van der Waals surface area contributed by atoms with Gasteiger partial charge in [0, 0.05) is 6.04 Å². The van der Waals surface area contributed by atoms with Crippen molar-refractivity contribution in [2.45, 2.75) is 31.7 Å². The van der Waals surface area contributed by atoms with Gasteiger partial charge in [-0.25, -0.2) is 4.79 Å².